The van der Waals surface area contributed by atoms with Crippen molar-refractivity contribution in [2.75, 3.05) is 18.4 Å². The Morgan fingerprint density at radius 2 is 1.89 bits per heavy atom. The summed E-state index contributed by atoms with van der Waals surface area (Å²) in [5.41, 5.74) is 1.00. The first-order valence-electron chi connectivity index (χ1n) is 11.8. The number of carbonyl (C=O) groups excluding carboxylic acids is 2. The van der Waals surface area contributed by atoms with Crippen molar-refractivity contribution in [2.45, 2.75) is 39.3 Å². The van der Waals surface area contributed by atoms with Crippen LogP contribution < -0.4 is 5.32 Å². The van der Waals surface area contributed by atoms with Crippen molar-refractivity contribution in [1.82, 2.24) is 14.9 Å². The van der Waals surface area contributed by atoms with Crippen LogP contribution >= 0.6 is 11.3 Å². The van der Waals surface area contributed by atoms with Gasteiger partial charge in [0.05, 0.1) is 23.1 Å². The monoisotopic (exact) mass is 526 g/mol. The highest BCUT2D eigenvalue weighted by molar-refractivity contribution is 7.16. The minimum absolute atomic E-state index is 0.0475. The number of anilines is 1. The van der Waals surface area contributed by atoms with E-state index in [2.05, 4.69) is 34.0 Å². The molecule has 1 fully saturated rings. The molecule has 0 unspecified atom stereocenters. The average molecular weight is 527 g/mol. The number of aromatic nitrogens is 2. The van der Waals surface area contributed by atoms with E-state index in [1.807, 2.05) is 6.92 Å². The fourth-order valence-corrected chi connectivity index (χ4v) is 4.51. The van der Waals surface area contributed by atoms with Crippen LogP contribution in [0.5, 0.6) is 0 Å². The summed E-state index contributed by atoms with van der Waals surface area (Å²) in [6.45, 7) is 5.48. The molecule has 3 aromatic rings. The molecule has 0 bridgehead atoms. The number of carbonyl (C=O) groups is 2. The number of piperidine rings is 1. The first-order valence-corrected chi connectivity index (χ1v) is 12.6. The van der Waals surface area contributed by atoms with Crippen molar-refractivity contribution in [3.05, 3.63) is 75.6 Å². The van der Waals surface area contributed by atoms with Crippen LogP contribution in [0.15, 0.2) is 42.7 Å². The fourth-order valence-electron chi connectivity index (χ4n) is 3.85. The third-order valence-electron chi connectivity index (χ3n) is 6.16. The maximum Gasteiger partial charge on any atom is 0.416 e. The van der Waals surface area contributed by atoms with E-state index in [0.29, 0.717) is 27.1 Å². The zero-order valence-corrected chi connectivity index (χ0v) is 21.2. The Morgan fingerprint density at radius 1 is 1.14 bits per heavy atom. The minimum Gasteiger partial charge on any atom is -0.324 e. The zero-order valence-electron chi connectivity index (χ0n) is 20.4. The minimum atomic E-state index is -4.50. The molecule has 3 heterocycles. The van der Waals surface area contributed by atoms with Gasteiger partial charge in [-0.05, 0) is 55.4 Å². The summed E-state index contributed by atoms with van der Waals surface area (Å²) in [4.78, 5) is 35.8. The summed E-state index contributed by atoms with van der Waals surface area (Å²) in [5.74, 6) is 6.31. The SMILES string of the molecule is Cc1ccc(C(=O)Cc2cc(C(F)(F)F)ccn2)cc1C#Cc1cnc(NC(=O)N2CCC(C)CC2)s1. The lowest BCUT2D eigenvalue weighted by Crippen LogP contribution is -2.40. The molecule has 0 radical (unpaired) electrons. The van der Waals surface area contributed by atoms with Crippen LogP contribution in [-0.4, -0.2) is 39.8 Å². The number of thiazole rings is 1. The Balaban J connectivity index is 1.43. The number of benzene rings is 1. The molecule has 0 spiro atoms. The Bertz CT molecular complexity index is 1370. The summed E-state index contributed by atoms with van der Waals surface area (Å²) in [7, 11) is 0. The van der Waals surface area contributed by atoms with Crippen LogP contribution in [-0.2, 0) is 12.6 Å². The van der Waals surface area contributed by atoms with E-state index >= 15 is 0 Å². The smallest absolute Gasteiger partial charge is 0.324 e. The number of aryl methyl sites for hydroxylation is 1. The fraction of sp³-hybridized carbons (Fsp3) is 0.333. The van der Waals surface area contributed by atoms with Gasteiger partial charge in [-0.1, -0.05) is 36.3 Å². The van der Waals surface area contributed by atoms with Crippen molar-refractivity contribution in [2.24, 2.45) is 5.92 Å². The molecule has 0 aliphatic carbocycles. The molecule has 2 aromatic heterocycles. The van der Waals surface area contributed by atoms with Gasteiger partial charge in [0.25, 0.3) is 0 Å². The van der Waals surface area contributed by atoms with E-state index in [0.717, 1.165) is 49.8 Å². The number of nitrogens with zero attached hydrogens (tertiary/aromatic N) is 3. The highest BCUT2D eigenvalue weighted by atomic mass is 32.1. The molecule has 6 nitrogen and oxygen atoms in total. The van der Waals surface area contributed by atoms with E-state index in [1.54, 1.807) is 29.3 Å². The number of amides is 2. The van der Waals surface area contributed by atoms with Crippen molar-refractivity contribution in [1.29, 1.82) is 0 Å². The highest BCUT2D eigenvalue weighted by Crippen LogP contribution is 2.29. The van der Waals surface area contributed by atoms with Crippen LogP contribution in [0.1, 0.15) is 57.4 Å². The number of hydrogen-bond donors (Lipinski definition) is 1. The number of likely N-dealkylation sites (tertiary alicyclic amines) is 1. The number of pyridine rings is 1. The summed E-state index contributed by atoms with van der Waals surface area (Å²) in [6, 6.07) is 6.58. The molecule has 1 saturated heterocycles. The summed E-state index contributed by atoms with van der Waals surface area (Å²) in [6.07, 6.45) is -0.156. The van der Waals surface area contributed by atoms with Crippen molar-refractivity contribution in [3.8, 4) is 11.8 Å². The molecule has 1 aliphatic heterocycles. The van der Waals surface area contributed by atoms with Gasteiger partial charge in [-0.3, -0.25) is 15.1 Å². The van der Waals surface area contributed by atoms with Crippen molar-refractivity contribution >= 4 is 28.3 Å². The molecule has 37 heavy (non-hydrogen) atoms. The predicted molar refractivity (Wildman–Crippen MR) is 136 cm³/mol. The van der Waals surface area contributed by atoms with Gasteiger partial charge in [0.15, 0.2) is 10.9 Å². The largest absolute Gasteiger partial charge is 0.416 e. The van der Waals surface area contributed by atoms with Gasteiger partial charge in [-0.25, -0.2) is 9.78 Å². The lowest BCUT2D eigenvalue weighted by molar-refractivity contribution is -0.137. The third-order valence-corrected chi connectivity index (χ3v) is 6.98. The number of alkyl halides is 3. The number of urea groups is 1. The molecule has 1 aromatic carbocycles. The number of ketones is 1. The number of hydrogen-bond acceptors (Lipinski definition) is 5. The maximum absolute atomic E-state index is 13.0. The molecule has 4 rings (SSSR count). The van der Waals surface area contributed by atoms with Gasteiger partial charge in [0.1, 0.15) is 0 Å². The highest BCUT2D eigenvalue weighted by Gasteiger charge is 2.30. The molecule has 1 N–H and O–H groups in total. The first kappa shape index (κ1) is 26.4. The second-order valence-corrected chi connectivity index (χ2v) is 10.1. The van der Waals surface area contributed by atoms with Crippen LogP contribution in [0.4, 0.5) is 23.1 Å². The maximum atomic E-state index is 13.0. The number of Topliss-reactive ketones (excluding diaryl/α,β-unsaturated/α-hetero) is 1. The predicted octanol–water partition coefficient (Wildman–Crippen LogP) is 5.95. The number of halogens is 3. The molecule has 192 valence electrons. The second-order valence-electron chi connectivity index (χ2n) is 9.04. The molecular weight excluding hydrogens is 501 g/mol. The average Bonchev–Trinajstić information content (AvgIpc) is 3.30. The van der Waals surface area contributed by atoms with Crippen molar-refractivity contribution < 1.29 is 22.8 Å². The summed E-state index contributed by atoms with van der Waals surface area (Å²) in [5, 5.41) is 3.28. The van der Waals surface area contributed by atoms with E-state index in [4.69, 9.17) is 0 Å². The molecule has 0 saturated carbocycles. The third kappa shape index (κ3) is 6.95. The van der Waals surface area contributed by atoms with Gasteiger partial charge in [0, 0.05) is 36.1 Å². The van der Waals surface area contributed by atoms with E-state index in [-0.39, 0.29) is 23.9 Å². The van der Waals surface area contributed by atoms with Gasteiger partial charge in [-0.2, -0.15) is 13.2 Å². The van der Waals surface area contributed by atoms with Crippen LogP contribution in [0.2, 0.25) is 0 Å². The second kappa shape index (κ2) is 11.1. The van der Waals surface area contributed by atoms with E-state index in [9.17, 15) is 22.8 Å². The molecule has 10 heteroatoms. The van der Waals surface area contributed by atoms with E-state index < -0.39 is 11.7 Å². The van der Waals surface area contributed by atoms with Crippen LogP contribution in [0, 0.1) is 24.7 Å². The van der Waals surface area contributed by atoms with Gasteiger partial charge < -0.3 is 4.90 Å². The van der Waals surface area contributed by atoms with E-state index in [1.165, 1.54) is 11.3 Å². The lowest BCUT2D eigenvalue weighted by atomic mass is 10.00. The standard InChI is InChI=1S/C27H25F3N4O2S/c1-17-8-11-34(12-9-17)26(36)33-25-32-16-23(37-25)6-5-19-13-20(4-3-18(19)2)24(35)15-22-14-21(7-10-31-22)27(28,29)30/h3-4,7,10,13-14,16-17H,8-9,11-12,15H2,1-2H3,(H,32,33,36). The normalized spacial score (nSPS) is 14.1. The Kier molecular flexibility index (Phi) is 7.93. The van der Waals surface area contributed by atoms with Crippen LogP contribution in [0.25, 0.3) is 0 Å². The number of nitrogens with one attached hydrogen (secondary N) is 1. The van der Waals surface area contributed by atoms with Gasteiger partial charge in [0.2, 0.25) is 0 Å². The number of rotatable bonds is 4. The van der Waals surface area contributed by atoms with Crippen molar-refractivity contribution in [3.63, 3.8) is 0 Å². The molecule has 1 aliphatic rings. The Morgan fingerprint density at radius 3 is 2.62 bits per heavy atom. The Hall–Kier alpha value is -3.71. The summed E-state index contributed by atoms with van der Waals surface area (Å²) < 4.78 is 38.9. The lowest BCUT2D eigenvalue weighted by Gasteiger charge is -2.29. The Labute approximate surface area is 216 Å². The van der Waals surface area contributed by atoms with Crippen LogP contribution in [0.3, 0.4) is 0 Å². The topological polar surface area (TPSA) is 75.2 Å². The first-order chi connectivity index (χ1) is 17.6. The molecule has 0 atom stereocenters. The van der Waals surface area contributed by atoms with Gasteiger partial charge >= 0.3 is 12.2 Å². The molecule has 2 amide bonds. The zero-order chi connectivity index (χ0) is 26.6. The molecular formula is C27H25F3N4O2S. The van der Waals surface area contributed by atoms with Gasteiger partial charge in [-0.15, -0.1) is 0 Å². The quantitative estimate of drug-likeness (QED) is 0.337. The summed E-state index contributed by atoms with van der Waals surface area (Å²) >= 11 is 1.26.